The van der Waals surface area contributed by atoms with Gasteiger partial charge in [0.25, 0.3) is 0 Å². The summed E-state index contributed by atoms with van der Waals surface area (Å²) in [5.41, 5.74) is 2.66. The lowest BCUT2D eigenvalue weighted by atomic mass is 10.1. The van der Waals surface area contributed by atoms with E-state index in [0.717, 1.165) is 28.3 Å². The van der Waals surface area contributed by atoms with E-state index >= 15 is 0 Å². The molecule has 0 spiro atoms. The molecule has 4 heteroatoms. The van der Waals surface area contributed by atoms with E-state index in [1.807, 2.05) is 38.1 Å². The quantitative estimate of drug-likeness (QED) is 0.902. The SMILES string of the molecule is Cc1noc(C)c1COc1cccc([C@@H](C)O)c1. The molecule has 0 unspecified atom stereocenters. The van der Waals surface area contributed by atoms with Crippen LogP contribution in [0.4, 0.5) is 0 Å². The van der Waals surface area contributed by atoms with Crippen molar-refractivity contribution >= 4 is 0 Å². The van der Waals surface area contributed by atoms with Crippen LogP contribution >= 0.6 is 0 Å². The van der Waals surface area contributed by atoms with E-state index in [9.17, 15) is 5.11 Å². The van der Waals surface area contributed by atoms with Gasteiger partial charge in [-0.3, -0.25) is 0 Å². The normalized spacial score (nSPS) is 12.4. The number of aromatic nitrogens is 1. The van der Waals surface area contributed by atoms with Gasteiger partial charge >= 0.3 is 0 Å². The van der Waals surface area contributed by atoms with E-state index in [-0.39, 0.29) is 0 Å². The van der Waals surface area contributed by atoms with Crippen molar-refractivity contribution in [3.8, 4) is 5.75 Å². The molecule has 2 aromatic rings. The summed E-state index contributed by atoms with van der Waals surface area (Å²) in [5, 5.41) is 13.4. The van der Waals surface area contributed by atoms with Crippen LogP contribution in [0.3, 0.4) is 0 Å². The van der Waals surface area contributed by atoms with Crippen molar-refractivity contribution in [1.29, 1.82) is 0 Å². The first-order valence-corrected chi connectivity index (χ1v) is 5.90. The van der Waals surface area contributed by atoms with E-state index < -0.39 is 6.10 Å². The first-order valence-electron chi connectivity index (χ1n) is 5.90. The lowest BCUT2D eigenvalue weighted by Crippen LogP contribution is -1.99. The maximum Gasteiger partial charge on any atom is 0.140 e. The zero-order valence-corrected chi connectivity index (χ0v) is 10.8. The Morgan fingerprint density at radius 1 is 1.39 bits per heavy atom. The number of aliphatic hydroxyl groups is 1. The summed E-state index contributed by atoms with van der Waals surface area (Å²) in [4.78, 5) is 0. The summed E-state index contributed by atoms with van der Waals surface area (Å²) < 4.78 is 10.8. The van der Waals surface area contributed by atoms with Gasteiger partial charge in [-0.1, -0.05) is 17.3 Å². The first-order chi connectivity index (χ1) is 8.58. The third-order valence-electron chi connectivity index (χ3n) is 2.90. The van der Waals surface area contributed by atoms with Gasteiger partial charge in [-0.2, -0.15) is 0 Å². The van der Waals surface area contributed by atoms with Gasteiger partial charge < -0.3 is 14.4 Å². The Morgan fingerprint density at radius 2 is 2.17 bits per heavy atom. The van der Waals surface area contributed by atoms with Gasteiger partial charge in [0.05, 0.1) is 17.4 Å². The topological polar surface area (TPSA) is 55.5 Å². The molecule has 0 bridgehead atoms. The van der Waals surface area contributed by atoms with Gasteiger partial charge in [0, 0.05) is 0 Å². The number of rotatable bonds is 4. The van der Waals surface area contributed by atoms with Crippen molar-refractivity contribution in [3.05, 3.63) is 46.8 Å². The molecule has 1 aromatic carbocycles. The molecule has 0 saturated carbocycles. The predicted octanol–water partition coefficient (Wildman–Crippen LogP) is 2.92. The molecule has 1 aromatic heterocycles. The van der Waals surface area contributed by atoms with E-state index in [1.165, 1.54) is 0 Å². The van der Waals surface area contributed by atoms with Crippen LogP contribution in [0.25, 0.3) is 0 Å². The van der Waals surface area contributed by atoms with E-state index in [2.05, 4.69) is 5.16 Å². The molecule has 0 radical (unpaired) electrons. The van der Waals surface area contributed by atoms with E-state index in [4.69, 9.17) is 9.26 Å². The van der Waals surface area contributed by atoms with Crippen LogP contribution in [0, 0.1) is 13.8 Å². The van der Waals surface area contributed by atoms with Crippen LogP contribution in [0.1, 0.15) is 35.6 Å². The molecule has 0 amide bonds. The van der Waals surface area contributed by atoms with Crippen LogP contribution in [0.15, 0.2) is 28.8 Å². The summed E-state index contributed by atoms with van der Waals surface area (Å²) >= 11 is 0. The van der Waals surface area contributed by atoms with Crippen LogP contribution in [0.2, 0.25) is 0 Å². The molecule has 1 N–H and O–H groups in total. The zero-order valence-electron chi connectivity index (χ0n) is 10.8. The molecular weight excluding hydrogens is 230 g/mol. The van der Waals surface area contributed by atoms with Crippen molar-refractivity contribution < 1.29 is 14.4 Å². The van der Waals surface area contributed by atoms with Gasteiger partial charge in [0.2, 0.25) is 0 Å². The number of ether oxygens (including phenoxy) is 1. The largest absolute Gasteiger partial charge is 0.489 e. The summed E-state index contributed by atoms with van der Waals surface area (Å²) in [6, 6.07) is 7.44. The lowest BCUT2D eigenvalue weighted by molar-refractivity contribution is 0.198. The van der Waals surface area contributed by atoms with Crippen molar-refractivity contribution in [2.75, 3.05) is 0 Å². The van der Waals surface area contributed by atoms with Crippen LogP contribution in [-0.4, -0.2) is 10.3 Å². The maximum atomic E-state index is 9.51. The monoisotopic (exact) mass is 247 g/mol. The van der Waals surface area contributed by atoms with Crippen LogP contribution in [-0.2, 0) is 6.61 Å². The van der Waals surface area contributed by atoms with Gasteiger partial charge in [0.1, 0.15) is 18.1 Å². The second-order valence-electron chi connectivity index (χ2n) is 4.34. The summed E-state index contributed by atoms with van der Waals surface area (Å²) in [6.45, 7) is 5.91. The Bertz CT molecular complexity index is 512. The Kier molecular flexibility index (Phi) is 3.67. The van der Waals surface area contributed by atoms with Crippen molar-refractivity contribution in [1.82, 2.24) is 5.16 Å². The fourth-order valence-electron chi connectivity index (χ4n) is 1.73. The second kappa shape index (κ2) is 5.23. The highest BCUT2D eigenvalue weighted by molar-refractivity contribution is 5.30. The van der Waals surface area contributed by atoms with Crippen molar-refractivity contribution in [3.63, 3.8) is 0 Å². The lowest BCUT2D eigenvalue weighted by Gasteiger charge is -2.09. The van der Waals surface area contributed by atoms with E-state index in [1.54, 1.807) is 6.92 Å². The smallest absolute Gasteiger partial charge is 0.140 e. The summed E-state index contributed by atoms with van der Waals surface area (Å²) in [6.07, 6.45) is -0.493. The standard InChI is InChI=1S/C14H17NO3/c1-9-14(11(3)18-15-9)8-17-13-6-4-5-12(7-13)10(2)16/h4-7,10,16H,8H2,1-3H3/t10-/m1/s1. The molecule has 1 atom stereocenters. The molecular formula is C14H17NO3. The minimum absolute atomic E-state index is 0.421. The molecule has 1 heterocycles. The van der Waals surface area contributed by atoms with Crippen molar-refractivity contribution in [2.45, 2.75) is 33.5 Å². The Hall–Kier alpha value is -1.81. The van der Waals surface area contributed by atoms with Gasteiger partial charge in [-0.15, -0.1) is 0 Å². The molecule has 18 heavy (non-hydrogen) atoms. The number of aryl methyl sites for hydroxylation is 2. The Labute approximate surface area is 106 Å². The molecule has 2 rings (SSSR count). The van der Waals surface area contributed by atoms with Crippen molar-refractivity contribution in [2.24, 2.45) is 0 Å². The highest BCUT2D eigenvalue weighted by atomic mass is 16.5. The Morgan fingerprint density at radius 3 is 2.78 bits per heavy atom. The molecule has 0 saturated heterocycles. The average Bonchev–Trinajstić information content (AvgIpc) is 2.67. The third kappa shape index (κ3) is 2.71. The van der Waals surface area contributed by atoms with Crippen LogP contribution < -0.4 is 4.74 Å². The second-order valence-corrected chi connectivity index (χ2v) is 4.34. The highest BCUT2D eigenvalue weighted by Crippen LogP contribution is 2.21. The van der Waals surface area contributed by atoms with Gasteiger partial charge in [0.15, 0.2) is 0 Å². The fraction of sp³-hybridized carbons (Fsp3) is 0.357. The maximum absolute atomic E-state index is 9.51. The molecule has 96 valence electrons. The molecule has 0 fully saturated rings. The van der Waals surface area contributed by atoms with E-state index in [0.29, 0.717) is 6.61 Å². The summed E-state index contributed by atoms with van der Waals surface area (Å²) in [5.74, 6) is 1.51. The predicted molar refractivity (Wildman–Crippen MR) is 67.4 cm³/mol. The fourth-order valence-corrected chi connectivity index (χ4v) is 1.73. The number of nitrogens with zero attached hydrogens (tertiary/aromatic N) is 1. The number of hydrogen-bond donors (Lipinski definition) is 1. The Balaban J connectivity index is 2.09. The minimum Gasteiger partial charge on any atom is -0.489 e. The zero-order chi connectivity index (χ0) is 13.1. The number of hydrogen-bond acceptors (Lipinski definition) is 4. The van der Waals surface area contributed by atoms with Crippen LogP contribution in [0.5, 0.6) is 5.75 Å². The average molecular weight is 247 g/mol. The van der Waals surface area contributed by atoms with Gasteiger partial charge in [-0.05, 0) is 38.5 Å². The molecule has 0 aliphatic rings. The van der Waals surface area contributed by atoms with Gasteiger partial charge in [-0.25, -0.2) is 0 Å². The number of benzene rings is 1. The number of aliphatic hydroxyl groups excluding tert-OH is 1. The first kappa shape index (κ1) is 12.6. The minimum atomic E-state index is -0.493. The molecule has 0 aliphatic heterocycles. The molecule has 0 aliphatic carbocycles. The summed E-state index contributed by atoms with van der Waals surface area (Å²) in [7, 11) is 0. The highest BCUT2D eigenvalue weighted by Gasteiger charge is 2.10. The molecule has 4 nitrogen and oxygen atoms in total. The third-order valence-corrected chi connectivity index (χ3v) is 2.90.